The van der Waals surface area contributed by atoms with Gasteiger partial charge in [0.25, 0.3) is 5.91 Å². The van der Waals surface area contributed by atoms with Crippen molar-refractivity contribution in [2.24, 2.45) is 0 Å². The minimum Gasteiger partial charge on any atom is -0.451 e. The fraction of sp³-hybridized carbons (Fsp3) is 0.105. The second-order valence-electron chi connectivity index (χ2n) is 5.53. The second-order valence-corrected chi connectivity index (χ2v) is 5.53. The number of nitrogens with one attached hydrogen (secondary N) is 2. The first-order valence-electron chi connectivity index (χ1n) is 7.68. The zero-order chi connectivity index (χ0) is 17.8. The minimum absolute atomic E-state index is 0.0508. The Morgan fingerprint density at radius 2 is 1.76 bits per heavy atom. The van der Waals surface area contributed by atoms with Crippen molar-refractivity contribution in [1.82, 2.24) is 4.98 Å². The summed E-state index contributed by atoms with van der Waals surface area (Å²) in [7, 11) is 0. The maximum Gasteiger partial charge on any atom is 0.355 e. The molecule has 0 saturated heterocycles. The van der Waals surface area contributed by atoms with Crippen molar-refractivity contribution in [3.8, 4) is 0 Å². The number of hydrogen-bond donors (Lipinski definition) is 2. The molecule has 6 nitrogen and oxygen atoms in total. The quantitative estimate of drug-likeness (QED) is 0.553. The summed E-state index contributed by atoms with van der Waals surface area (Å²) in [5, 5.41) is 3.50. The van der Waals surface area contributed by atoms with Crippen molar-refractivity contribution in [2.75, 3.05) is 11.9 Å². The van der Waals surface area contributed by atoms with Crippen molar-refractivity contribution >= 4 is 34.3 Å². The molecule has 6 heteroatoms. The molecule has 0 aliphatic carbocycles. The van der Waals surface area contributed by atoms with E-state index in [0.717, 1.165) is 10.9 Å². The number of aromatic amines is 1. The number of carbonyl (C=O) groups is 3. The SMILES string of the molecule is CC(=O)c1ccc(NC(=O)COC(=O)c2cc3ccccc3[nH]2)cc1. The van der Waals surface area contributed by atoms with E-state index in [-0.39, 0.29) is 5.78 Å². The first-order chi connectivity index (χ1) is 12.0. The molecule has 1 aromatic heterocycles. The predicted octanol–water partition coefficient (Wildman–Crippen LogP) is 3.17. The number of benzene rings is 2. The van der Waals surface area contributed by atoms with Gasteiger partial charge in [0.15, 0.2) is 12.4 Å². The van der Waals surface area contributed by atoms with Gasteiger partial charge in [-0.25, -0.2) is 4.79 Å². The Hall–Kier alpha value is -3.41. The molecule has 0 radical (unpaired) electrons. The summed E-state index contributed by atoms with van der Waals surface area (Å²) < 4.78 is 5.02. The Bertz CT molecular complexity index is 908. The third-order valence-electron chi connectivity index (χ3n) is 3.66. The van der Waals surface area contributed by atoms with E-state index in [2.05, 4.69) is 10.3 Å². The molecule has 2 aromatic carbocycles. The molecule has 3 rings (SSSR count). The van der Waals surface area contributed by atoms with Crippen LogP contribution in [-0.2, 0) is 9.53 Å². The minimum atomic E-state index is -0.599. The van der Waals surface area contributed by atoms with Gasteiger partial charge in [0.05, 0.1) is 0 Å². The molecule has 25 heavy (non-hydrogen) atoms. The fourth-order valence-electron chi connectivity index (χ4n) is 2.38. The van der Waals surface area contributed by atoms with Gasteiger partial charge in [-0.3, -0.25) is 9.59 Å². The number of fused-ring (bicyclic) bond motifs is 1. The van der Waals surface area contributed by atoms with Crippen molar-refractivity contribution < 1.29 is 19.1 Å². The molecule has 0 unspecified atom stereocenters. The zero-order valence-electron chi connectivity index (χ0n) is 13.5. The van der Waals surface area contributed by atoms with Gasteiger partial charge in [0.1, 0.15) is 5.69 Å². The van der Waals surface area contributed by atoms with E-state index < -0.39 is 18.5 Å². The standard InChI is InChI=1S/C19H16N2O4/c1-12(22)13-6-8-15(9-7-13)20-18(23)11-25-19(24)17-10-14-4-2-3-5-16(14)21-17/h2-10,21H,11H2,1H3,(H,20,23). The second kappa shape index (κ2) is 7.00. The van der Waals surface area contributed by atoms with Gasteiger partial charge in [-0.1, -0.05) is 18.2 Å². The lowest BCUT2D eigenvalue weighted by Crippen LogP contribution is -2.21. The van der Waals surface area contributed by atoms with Crippen LogP contribution in [0.25, 0.3) is 10.9 Å². The number of aromatic nitrogens is 1. The van der Waals surface area contributed by atoms with E-state index in [1.807, 2.05) is 24.3 Å². The average Bonchev–Trinajstić information content (AvgIpc) is 3.04. The van der Waals surface area contributed by atoms with Crippen LogP contribution in [0, 0.1) is 0 Å². The maximum absolute atomic E-state index is 12.0. The smallest absolute Gasteiger partial charge is 0.355 e. The highest BCUT2D eigenvalue weighted by atomic mass is 16.5. The van der Waals surface area contributed by atoms with Crippen LogP contribution in [0.4, 0.5) is 5.69 Å². The lowest BCUT2D eigenvalue weighted by atomic mass is 10.1. The number of esters is 1. The number of Topliss-reactive ketones (excluding diaryl/α,β-unsaturated/α-hetero) is 1. The van der Waals surface area contributed by atoms with Crippen molar-refractivity contribution in [2.45, 2.75) is 6.92 Å². The highest BCUT2D eigenvalue weighted by Gasteiger charge is 2.13. The van der Waals surface area contributed by atoms with Crippen LogP contribution in [-0.4, -0.2) is 29.3 Å². The summed E-state index contributed by atoms with van der Waals surface area (Å²) in [6.45, 7) is 1.07. The van der Waals surface area contributed by atoms with Crippen LogP contribution in [0.5, 0.6) is 0 Å². The van der Waals surface area contributed by atoms with Crippen LogP contribution in [0.3, 0.4) is 0 Å². The van der Waals surface area contributed by atoms with E-state index in [1.165, 1.54) is 6.92 Å². The molecule has 0 aliphatic rings. The molecule has 0 bridgehead atoms. The van der Waals surface area contributed by atoms with Gasteiger partial charge in [0.2, 0.25) is 0 Å². The highest BCUT2D eigenvalue weighted by Crippen LogP contribution is 2.15. The van der Waals surface area contributed by atoms with Crippen molar-refractivity contribution in [3.63, 3.8) is 0 Å². The van der Waals surface area contributed by atoms with E-state index >= 15 is 0 Å². The third kappa shape index (κ3) is 3.92. The Labute approximate surface area is 143 Å². The van der Waals surface area contributed by atoms with Crippen LogP contribution in [0.2, 0.25) is 0 Å². The molecule has 1 amide bonds. The van der Waals surface area contributed by atoms with E-state index in [1.54, 1.807) is 30.3 Å². The number of H-pyrrole nitrogens is 1. The molecule has 126 valence electrons. The number of ketones is 1. The van der Waals surface area contributed by atoms with Gasteiger partial charge < -0.3 is 15.0 Å². The number of hydrogen-bond acceptors (Lipinski definition) is 4. The molecular formula is C19H16N2O4. The number of anilines is 1. The van der Waals surface area contributed by atoms with Crippen LogP contribution in [0.1, 0.15) is 27.8 Å². The van der Waals surface area contributed by atoms with Gasteiger partial charge in [-0.05, 0) is 43.3 Å². The summed E-state index contributed by atoms with van der Waals surface area (Å²) in [5.41, 5.74) is 2.20. The Morgan fingerprint density at radius 3 is 2.44 bits per heavy atom. The van der Waals surface area contributed by atoms with Crippen molar-refractivity contribution in [3.05, 3.63) is 65.9 Å². The molecule has 0 aliphatic heterocycles. The first kappa shape index (κ1) is 16.4. The van der Waals surface area contributed by atoms with E-state index in [4.69, 9.17) is 4.74 Å². The normalized spacial score (nSPS) is 10.4. The molecular weight excluding hydrogens is 320 g/mol. The van der Waals surface area contributed by atoms with Gasteiger partial charge in [-0.15, -0.1) is 0 Å². The van der Waals surface area contributed by atoms with E-state index in [9.17, 15) is 14.4 Å². The molecule has 0 saturated carbocycles. The monoisotopic (exact) mass is 336 g/mol. The van der Waals surface area contributed by atoms with Gasteiger partial charge in [-0.2, -0.15) is 0 Å². The van der Waals surface area contributed by atoms with Gasteiger partial charge >= 0.3 is 5.97 Å². The lowest BCUT2D eigenvalue weighted by molar-refractivity contribution is -0.119. The summed E-state index contributed by atoms with van der Waals surface area (Å²) in [4.78, 5) is 38.0. The lowest BCUT2D eigenvalue weighted by Gasteiger charge is -2.06. The maximum atomic E-state index is 12.0. The molecule has 3 aromatic rings. The average molecular weight is 336 g/mol. The Kier molecular flexibility index (Phi) is 4.61. The fourth-order valence-corrected chi connectivity index (χ4v) is 2.38. The van der Waals surface area contributed by atoms with Gasteiger partial charge in [0, 0.05) is 22.2 Å². The molecule has 1 heterocycles. The zero-order valence-corrected chi connectivity index (χ0v) is 13.5. The predicted molar refractivity (Wildman–Crippen MR) is 93.7 cm³/mol. The molecule has 2 N–H and O–H groups in total. The number of ether oxygens (including phenoxy) is 1. The molecule has 0 spiro atoms. The van der Waals surface area contributed by atoms with Crippen LogP contribution >= 0.6 is 0 Å². The van der Waals surface area contributed by atoms with Crippen LogP contribution in [0.15, 0.2) is 54.6 Å². The molecule has 0 atom stereocenters. The largest absolute Gasteiger partial charge is 0.451 e. The Morgan fingerprint density at radius 1 is 1.04 bits per heavy atom. The third-order valence-corrected chi connectivity index (χ3v) is 3.66. The Balaban J connectivity index is 1.56. The summed E-state index contributed by atoms with van der Waals surface area (Å²) in [6, 6.07) is 15.6. The number of amides is 1. The van der Waals surface area contributed by atoms with E-state index in [0.29, 0.717) is 16.9 Å². The topological polar surface area (TPSA) is 88.3 Å². The number of rotatable bonds is 5. The number of carbonyl (C=O) groups excluding carboxylic acids is 3. The summed E-state index contributed by atoms with van der Waals surface area (Å²) >= 11 is 0. The molecule has 0 fully saturated rings. The first-order valence-corrected chi connectivity index (χ1v) is 7.68. The van der Waals surface area contributed by atoms with Crippen molar-refractivity contribution in [1.29, 1.82) is 0 Å². The summed E-state index contributed by atoms with van der Waals surface area (Å²) in [5.74, 6) is -1.11. The highest BCUT2D eigenvalue weighted by molar-refractivity contribution is 5.98. The number of para-hydroxylation sites is 1. The van der Waals surface area contributed by atoms with Crippen LogP contribution < -0.4 is 5.32 Å². The summed E-state index contributed by atoms with van der Waals surface area (Å²) in [6.07, 6.45) is 0.